The van der Waals surface area contributed by atoms with Gasteiger partial charge in [-0.05, 0) is 43.4 Å². The molecule has 0 aromatic heterocycles. The second-order valence-electron chi connectivity index (χ2n) is 8.64. The Balaban J connectivity index is 2.14. The first-order valence-electron chi connectivity index (χ1n) is 9.56. The van der Waals surface area contributed by atoms with E-state index in [0.717, 1.165) is 24.2 Å². The maximum absolute atomic E-state index is 13.1. The van der Waals surface area contributed by atoms with Gasteiger partial charge in [-0.1, -0.05) is 34.6 Å². The van der Waals surface area contributed by atoms with E-state index in [1.807, 2.05) is 13.8 Å². The Morgan fingerprint density at radius 2 is 1.80 bits per heavy atom. The Morgan fingerprint density at radius 1 is 1.20 bits per heavy atom. The average Bonchev–Trinajstić information content (AvgIpc) is 2.68. The van der Waals surface area contributed by atoms with Crippen molar-refractivity contribution in [2.24, 2.45) is 11.3 Å². The van der Waals surface area contributed by atoms with Crippen molar-refractivity contribution in [1.82, 2.24) is 15.1 Å². The predicted octanol–water partition coefficient (Wildman–Crippen LogP) is 2.77. The summed E-state index contributed by atoms with van der Waals surface area (Å²) in [6, 6.07) is -0.420. The summed E-state index contributed by atoms with van der Waals surface area (Å²) in [5, 5.41) is 2.93. The van der Waals surface area contributed by atoms with Gasteiger partial charge in [0, 0.05) is 13.1 Å². The third-order valence-electron chi connectivity index (χ3n) is 5.26. The summed E-state index contributed by atoms with van der Waals surface area (Å²) in [5.41, 5.74) is -0.837. The molecular formula is C19H33N3O3. The van der Waals surface area contributed by atoms with E-state index < -0.39 is 11.6 Å². The highest BCUT2D eigenvalue weighted by Gasteiger charge is 2.56. The SMILES string of the molecule is CCCN(CCC)C(=O)CN1C(=O)NC2(CC(C)CC(C)(C)C2)C1=O. The van der Waals surface area contributed by atoms with Crippen LogP contribution in [0.25, 0.3) is 0 Å². The van der Waals surface area contributed by atoms with Gasteiger partial charge in [0.1, 0.15) is 12.1 Å². The molecule has 2 unspecified atom stereocenters. The van der Waals surface area contributed by atoms with Crippen LogP contribution >= 0.6 is 0 Å². The fourth-order valence-electron chi connectivity index (χ4n) is 4.79. The van der Waals surface area contributed by atoms with E-state index in [-0.39, 0.29) is 23.8 Å². The number of carbonyl (C=O) groups is 3. The van der Waals surface area contributed by atoms with Crippen molar-refractivity contribution in [1.29, 1.82) is 0 Å². The van der Waals surface area contributed by atoms with E-state index in [4.69, 9.17) is 0 Å². The molecular weight excluding hydrogens is 318 g/mol. The van der Waals surface area contributed by atoms with Crippen LogP contribution in [-0.2, 0) is 9.59 Å². The lowest BCUT2D eigenvalue weighted by atomic mass is 9.64. The van der Waals surface area contributed by atoms with Crippen LogP contribution in [0, 0.1) is 11.3 Å². The molecule has 0 radical (unpaired) electrons. The van der Waals surface area contributed by atoms with Crippen molar-refractivity contribution in [3.8, 4) is 0 Å². The van der Waals surface area contributed by atoms with Gasteiger partial charge in [-0.25, -0.2) is 4.79 Å². The number of urea groups is 1. The van der Waals surface area contributed by atoms with Gasteiger partial charge < -0.3 is 10.2 Å². The molecule has 6 nitrogen and oxygen atoms in total. The number of nitrogens with zero attached hydrogens (tertiary/aromatic N) is 2. The van der Waals surface area contributed by atoms with Crippen molar-refractivity contribution in [3.63, 3.8) is 0 Å². The Hall–Kier alpha value is -1.59. The molecule has 2 atom stereocenters. The number of carbonyl (C=O) groups excluding carboxylic acids is 3. The van der Waals surface area contributed by atoms with Crippen LogP contribution in [0.1, 0.15) is 66.7 Å². The van der Waals surface area contributed by atoms with Crippen LogP contribution in [0.5, 0.6) is 0 Å². The highest BCUT2D eigenvalue weighted by atomic mass is 16.2. The molecule has 2 fully saturated rings. The number of hydrogen-bond donors (Lipinski definition) is 1. The first-order valence-corrected chi connectivity index (χ1v) is 9.56. The maximum Gasteiger partial charge on any atom is 0.325 e. The predicted molar refractivity (Wildman–Crippen MR) is 96.9 cm³/mol. The van der Waals surface area contributed by atoms with E-state index >= 15 is 0 Å². The molecule has 1 aliphatic heterocycles. The zero-order valence-electron chi connectivity index (χ0n) is 16.4. The first-order chi connectivity index (χ1) is 11.6. The molecule has 0 aromatic rings. The molecule has 4 amide bonds. The molecule has 1 saturated heterocycles. The molecule has 6 heteroatoms. The number of imide groups is 1. The van der Waals surface area contributed by atoms with Crippen molar-refractivity contribution in [2.75, 3.05) is 19.6 Å². The van der Waals surface area contributed by atoms with Crippen LogP contribution in [-0.4, -0.2) is 52.8 Å². The largest absolute Gasteiger partial charge is 0.341 e. The molecule has 0 aromatic carbocycles. The molecule has 2 rings (SSSR count). The van der Waals surface area contributed by atoms with E-state index in [2.05, 4.69) is 26.1 Å². The zero-order valence-corrected chi connectivity index (χ0v) is 16.4. The minimum atomic E-state index is -0.834. The number of rotatable bonds is 6. The molecule has 1 heterocycles. The monoisotopic (exact) mass is 351 g/mol. The summed E-state index contributed by atoms with van der Waals surface area (Å²) in [5.74, 6) is -0.00822. The normalized spacial score (nSPS) is 28.4. The fourth-order valence-corrected chi connectivity index (χ4v) is 4.79. The summed E-state index contributed by atoms with van der Waals surface area (Å²) in [7, 11) is 0. The Bertz CT molecular complexity index is 540. The highest BCUT2D eigenvalue weighted by Crippen LogP contribution is 2.46. The van der Waals surface area contributed by atoms with Crippen LogP contribution < -0.4 is 5.32 Å². The zero-order chi connectivity index (χ0) is 18.8. The Kier molecular flexibility index (Phi) is 5.79. The highest BCUT2D eigenvalue weighted by molar-refractivity contribution is 6.09. The number of hydrogen-bond acceptors (Lipinski definition) is 3. The molecule has 1 saturated carbocycles. The van der Waals surface area contributed by atoms with Gasteiger partial charge in [-0.15, -0.1) is 0 Å². The topological polar surface area (TPSA) is 69.7 Å². The third kappa shape index (κ3) is 4.15. The molecule has 1 aliphatic carbocycles. The average molecular weight is 351 g/mol. The summed E-state index contributed by atoms with van der Waals surface area (Å²) in [6.45, 7) is 11.6. The fraction of sp³-hybridized carbons (Fsp3) is 0.842. The van der Waals surface area contributed by atoms with Gasteiger partial charge in [0.25, 0.3) is 5.91 Å². The van der Waals surface area contributed by atoms with Crippen molar-refractivity contribution in [2.45, 2.75) is 72.3 Å². The second kappa shape index (κ2) is 7.34. The van der Waals surface area contributed by atoms with Crippen molar-refractivity contribution in [3.05, 3.63) is 0 Å². The van der Waals surface area contributed by atoms with E-state index in [1.54, 1.807) is 4.90 Å². The Morgan fingerprint density at radius 3 is 2.32 bits per heavy atom. The lowest BCUT2D eigenvalue weighted by Crippen LogP contribution is -2.54. The summed E-state index contributed by atoms with van der Waals surface area (Å²) >= 11 is 0. The van der Waals surface area contributed by atoms with Crippen LogP contribution in [0.3, 0.4) is 0 Å². The second-order valence-corrected chi connectivity index (χ2v) is 8.64. The third-order valence-corrected chi connectivity index (χ3v) is 5.26. The van der Waals surface area contributed by atoms with Crippen LogP contribution in [0.2, 0.25) is 0 Å². The summed E-state index contributed by atoms with van der Waals surface area (Å²) in [4.78, 5) is 41.0. The minimum absolute atomic E-state index is 0.00289. The van der Waals surface area contributed by atoms with E-state index in [1.165, 1.54) is 0 Å². The molecule has 1 spiro atoms. The quantitative estimate of drug-likeness (QED) is 0.748. The van der Waals surface area contributed by atoms with Gasteiger partial charge in [0.05, 0.1) is 0 Å². The summed E-state index contributed by atoms with van der Waals surface area (Å²) in [6.07, 6.45) is 4.05. The molecule has 25 heavy (non-hydrogen) atoms. The van der Waals surface area contributed by atoms with Gasteiger partial charge in [-0.2, -0.15) is 0 Å². The van der Waals surface area contributed by atoms with E-state index in [9.17, 15) is 14.4 Å². The minimum Gasteiger partial charge on any atom is -0.341 e. The van der Waals surface area contributed by atoms with Gasteiger partial charge in [-0.3, -0.25) is 14.5 Å². The number of amides is 4. The van der Waals surface area contributed by atoms with Crippen LogP contribution in [0.15, 0.2) is 0 Å². The molecule has 2 aliphatic rings. The summed E-state index contributed by atoms with van der Waals surface area (Å²) < 4.78 is 0. The molecule has 1 N–H and O–H groups in total. The van der Waals surface area contributed by atoms with Crippen molar-refractivity contribution >= 4 is 17.8 Å². The number of nitrogens with one attached hydrogen (secondary N) is 1. The van der Waals surface area contributed by atoms with Crippen LogP contribution in [0.4, 0.5) is 4.79 Å². The molecule has 0 bridgehead atoms. The van der Waals surface area contributed by atoms with Gasteiger partial charge >= 0.3 is 6.03 Å². The smallest absolute Gasteiger partial charge is 0.325 e. The van der Waals surface area contributed by atoms with Gasteiger partial charge in [0.15, 0.2) is 0 Å². The lowest BCUT2D eigenvalue weighted by Gasteiger charge is -2.43. The first kappa shape index (κ1) is 19.7. The van der Waals surface area contributed by atoms with Gasteiger partial charge in [0.2, 0.25) is 5.91 Å². The lowest BCUT2D eigenvalue weighted by molar-refractivity contribution is -0.140. The Labute approximate surface area is 151 Å². The van der Waals surface area contributed by atoms with E-state index in [0.29, 0.717) is 31.8 Å². The van der Waals surface area contributed by atoms with Crippen molar-refractivity contribution < 1.29 is 14.4 Å². The maximum atomic E-state index is 13.1. The molecule has 142 valence electrons. The standard InChI is InChI=1S/C19H33N3O3/c1-6-8-21(9-7-2)15(23)12-22-16(24)19(20-17(22)25)11-14(3)10-18(4,5)13-19/h14H,6-13H2,1-5H3,(H,20,25).